The van der Waals surface area contributed by atoms with E-state index in [1.54, 1.807) is 25.3 Å². The zero-order valence-electron chi connectivity index (χ0n) is 20.0. The lowest BCUT2D eigenvalue weighted by Crippen LogP contribution is -2.49. The van der Waals surface area contributed by atoms with E-state index >= 15 is 0 Å². The molecule has 1 atom stereocenters. The summed E-state index contributed by atoms with van der Waals surface area (Å²) in [7, 11) is 1.67. The van der Waals surface area contributed by atoms with Crippen LogP contribution >= 0.6 is 23.2 Å². The van der Waals surface area contributed by atoms with Gasteiger partial charge < -0.3 is 14.4 Å². The summed E-state index contributed by atoms with van der Waals surface area (Å²) in [6, 6.07) is 21.4. The summed E-state index contributed by atoms with van der Waals surface area (Å²) in [6.45, 7) is 6.09. The molecule has 0 aliphatic carbocycles. The molecule has 35 heavy (non-hydrogen) atoms. The van der Waals surface area contributed by atoms with Gasteiger partial charge in [0.2, 0.25) is 0 Å². The zero-order chi connectivity index (χ0) is 24.8. The number of amides is 1. The van der Waals surface area contributed by atoms with Crippen LogP contribution in [0.3, 0.4) is 0 Å². The number of benzene rings is 3. The maximum atomic E-state index is 13.0. The van der Waals surface area contributed by atoms with Crippen molar-refractivity contribution in [2.24, 2.45) is 0 Å². The Morgan fingerprint density at radius 1 is 0.971 bits per heavy atom. The van der Waals surface area contributed by atoms with Gasteiger partial charge in [0.25, 0.3) is 5.91 Å². The van der Waals surface area contributed by atoms with Gasteiger partial charge in [-0.25, -0.2) is 0 Å². The number of halogens is 2. The highest BCUT2D eigenvalue weighted by molar-refractivity contribution is 6.36. The second-order valence-corrected chi connectivity index (χ2v) is 9.62. The third-order valence-corrected chi connectivity index (χ3v) is 6.83. The third kappa shape index (κ3) is 6.77. The number of hydrogen-bond acceptors (Lipinski definition) is 4. The lowest BCUT2D eigenvalue weighted by molar-refractivity contribution is 0.00333. The maximum absolute atomic E-state index is 13.0. The zero-order valence-corrected chi connectivity index (χ0v) is 21.6. The molecule has 0 N–H and O–H groups in total. The van der Waals surface area contributed by atoms with Crippen LogP contribution in [0.25, 0.3) is 0 Å². The number of hydrogen-bond donors (Lipinski definition) is 0. The molecule has 1 heterocycles. The number of nitrogens with zero attached hydrogens (tertiary/aromatic N) is 2. The minimum absolute atomic E-state index is 0.0636. The summed E-state index contributed by atoms with van der Waals surface area (Å²) in [5, 5.41) is 0.901. The van der Waals surface area contributed by atoms with E-state index in [0.29, 0.717) is 35.3 Å². The molecule has 0 radical (unpaired) electrons. The average molecular weight is 513 g/mol. The second kappa shape index (κ2) is 11.9. The lowest BCUT2D eigenvalue weighted by atomic mass is 10.1. The van der Waals surface area contributed by atoms with Crippen molar-refractivity contribution in [3.63, 3.8) is 0 Å². The van der Waals surface area contributed by atoms with Crippen LogP contribution in [-0.4, -0.2) is 55.5 Å². The third-order valence-electron chi connectivity index (χ3n) is 6.28. The van der Waals surface area contributed by atoms with Crippen LogP contribution in [0.4, 0.5) is 0 Å². The van der Waals surface area contributed by atoms with Gasteiger partial charge in [-0.1, -0.05) is 65.2 Å². The molecular formula is C28H30Cl2N2O3. The molecule has 0 spiro atoms. The molecule has 184 valence electrons. The van der Waals surface area contributed by atoms with E-state index in [2.05, 4.69) is 42.2 Å². The predicted molar refractivity (Wildman–Crippen MR) is 141 cm³/mol. The van der Waals surface area contributed by atoms with E-state index in [-0.39, 0.29) is 12.0 Å². The predicted octanol–water partition coefficient (Wildman–Crippen LogP) is 6.03. The quantitative estimate of drug-likeness (QED) is 0.369. The molecule has 0 saturated carbocycles. The molecule has 7 heteroatoms. The molecule has 1 amide bonds. The van der Waals surface area contributed by atoms with E-state index in [0.717, 1.165) is 36.5 Å². The summed E-state index contributed by atoms with van der Waals surface area (Å²) >= 11 is 12.2. The van der Waals surface area contributed by atoms with Crippen LogP contribution in [-0.2, 0) is 11.3 Å². The molecule has 1 aliphatic rings. The first-order valence-corrected chi connectivity index (χ1v) is 12.5. The van der Waals surface area contributed by atoms with Crippen molar-refractivity contribution < 1.29 is 14.3 Å². The van der Waals surface area contributed by atoms with Gasteiger partial charge in [-0.3, -0.25) is 9.69 Å². The highest BCUT2D eigenvalue weighted by Crippen LogP contribution is 2.26. The second-order valence-electron chi connectivity index (χ2n) is 8.78. The highest BCUT2D eigenvalue weighted by Gasteiger charge is 2.26. The molecule has 1 aliphatic heterocycles. The van der Waals surface area contributed by atoms with E-state index < -0.39 is 0 Å². The first kappa shape index (κ1) is 25.5. The normalized spacial score (nSPS) is 15.1. The fourth-order valence-corrected chi connectivity index (χ4v) is 4.67. The van der Waals surface area contributed by atoms with Crippen molar-refractivity contribution >= 4 is 29.1 Å². The van der Waals surface area contributed by atoms with E-state index in [1.807, 2.05) is 23.1 Å². The Kier molecular flexibility index (Phi) is 8.69. The minimum atomic E-state index is -0.126. The van der Waals surface area contributed by atoms with Crippen LogP contribution in [0, 0.1) is 6.92 Å². The number of ether oxygens (including phenoxy) is 2. The Morgan fingerprint density at radius 2 is 1.71 bits per heavy atom. The Bertz CT molecular complexity index is 1150. The molecular weight excluding hydrogens is 483 g/mol. The van der Waals surface area contributed by atoms with Gasteiger partial charge in [0.05, 0.1) is 30.4 Å². The molecule has 0 bridgehead atoms. The van der Waals surface area contributed by atoms with Crippen molar-refractivity contribution in [1.82, 2.24) is 9.80 Å². The summed E-state index contributed by atoms with van der Waals surface area (Å²) in [6.07, 6.45) is -0.126. The molecule has 1 fully saturated rings. The van der Waals surface area contributed by atoms with Gasteiger partial charge in [0.1, 0.15) is 5.75 Å². The molecule has 4 rings (SSSR count). The molecule has 1 saturated heterocycles. The summed E-state index contributed by atoms with van der Waals surface area (Å²) in [4.78, 5) is 17.2. The Morgan fingerprint density at radius 3 is 2.40 bits per heavy atom. The van der Waals surface area contributed by atoms with Crippen LogP contribution in [0.15, 0.2) is 66.7 Å². The lowest BCUT2D eigenvalue weighted by Gasteiger charge is -2.36. The van der Waals surface area contributed by atoms with Crippen LogP contribution in [0.5, 0.6) is 5.75 Å². The fourth-order valence-electron chi connectivity index (χ4n) is 4.18. The van der Waals surface area contributed by atoms with Gasteiger partial charge in [-0.2, -0.15) is 0 Å². The van der Waals surface area contributed by atoms with E-state index in [9.17, 15) is 4.79 Å². The molecule has 5 nitrogen and oxygen atoms in total. The van der Waals surface area contributed by atoms with E-state index in [4.69, 9.17) is 32.7 Å². The summed E-state index contributed by atoms with van der Waals surface area (Å²) in [5.41, 5.74) is 3.92. The maximum Gasteiger partial charge on any atom is 0.255 e. The Labute approximate surface area is 217 Å². The van der Waals surface area contributed by atoms with Gasteiger partial charge in [0.15, 0.2) is 0 Å². The standard InChI is InChI=1S/C28H30Cl2N2O3/c1-20-6-8-21(9-7-20)19-35-27(22-4-3-5-24(16-22)34-2)18-31-12-14-32(15-13-31)28(33)25-11-10-23(29)17-26(25)30/h3-11,16-17,27H,12-15,18-19H2,1-2H3/t27-/m0/s1. The van der Waals surface area contributed by atoms with Crippen LogP contribution in [0.2, 0.25) is 10.0 Å². The minimum Gasteiger partial charge on any atom is -0.497 e. The van der Waals surface area contributed by atoms with Crippen molar-refractivity contribution in [1.29, 1.82) is 0 Å². The molecule has 0 aromatic heterocycles. The number of rotatable bonds is 8. The SMILES string of the molecule is COc1cccc([C@H](CN2CCN(C(=O)c3ccc(Cl)cc3Cl)CC2)OCc2ccc(C)cc2)c1. The van der Waals surface area contributed by atoms with Crippen LogP contribution < -0.4 is 4.74 Å². The van der Waals surface area contributed by atoms with Gasteiger partial charge in [0, 0.05) is 37.7 Å². The molecule has 0 unspecified atom stereocenters. The summed E-state index contributed by atoms with van der Waals surface area (Å²) in [5.74, 6) is 0.743. The number of methoxy groups -OCH3 is 1. The number of carbonyl (C=O) groups is 1. The van der Waals surface area contributed by atoms with Crippen molar-refractivity contribution in [2.75, 3.05) is 39.8 Å². The van der Waals surface area contributed by atoms with E-state index in [1.165, 1.54) is 5.56 Å². The topological polar surface area (TPSA) is 42.0 Å². The van der Waals surface area contributed by atoms with Gasteiger partial charge in [-0.05, 0) is 48.4 Å². The number of carbonyl (C=O) groups excluding carboxylic acids is 1. The smallest absolute Gasteiger partial charge is 0.255 e. The largest absolute Gasteiger partial charge is 0.497 e. The van der Waals surface area contributed by atoms with Crippen LogP contribution in [0.1, 0.15) is 33.2 Å². The van der Waals surface area contributed by atoms with Crippen molar-refractivity contribution in [2.45, 2.75) is 19.6 Å². The first-order chi connectivity index (χ1) is 16.9. The fraction of sp³-hybridized carbons (Fsp3) is 0.321. The van der Waals surface area contributed by atoms with Gasteiger partial charge >= 0.3 is 0 Å². The molecule has 3 aromatic carbocycles. The Hall–Kier alpha value is -2.57. The average Bonchev–Trinajstić information content (AvgIpc) is 2.87. The number of piperazine rings is 1. The van der Waals surface area contributed by atoms with Crippen molar-refractivity contribution in [3.05, 3.63) is 99.0 Å². The number of aryl methyl sites for hydroxylation is 1. The Balaban J connectivity index is 1.41. The highest BCUT2D eigenvalue weighted by atomic mass is 35.5. The molecule has 3 aromatic rings. The van der Waals surface area contributed by atoms with Gasteiger partial charge in [-0.15, -0.1) is 0 Å². The first-order valence-electron chi connectivity index (χ1n) is 11.7. The van der Waals surface area contributed by atoms with Crippen molar-refractivity contribution in [3.8, 4) is 5.75 Å². The summed E-state index contributed by atoms with van der Waals surface area (Å²) < 4.78 is 11.9. The monoisotopic (exact) mass is 512 g/mol.